The van der Waals surface area contributed by atoms with Crippen LogP contribution in [0, 0.1) is 6.92 Å². The molecule has 0 radical (unpaired) electrons. The molecule has 0 spiro atoms. The normalized spacial score (nSPS) is 11.5. The Bertz CT molecular complexity index is 1310. The zero-order valence-electron chi connectivity index (χ0n) is 19.1. The summed E-state index contributed by atoms with van der Waals surface area (Å²) in [6, 6.07) is 13.5. The Morgan fingerprint density at radius 1 is 1.21 bits per heavy atom. The summed E-state index contributed by atoms with van der Waals surface area (Å²) in [7, 11) is 1.62. The predicted molar refractivity (Wildman–Crippen MR) is 131 cm³/mol. The van der Waals surface area contributed by atoms with Gasteiger partial charge in [-0.1, -0.05) is 12.1 Å². The number of anilines is 1. The molecule has 0 atom stereocenters. The monoisotopic (exact) mass is 442 g/mol. The average molecular weight is 443 g/mol. The van der Waals surface area contributed by atoms with E-state index >= 15 is 0 Å². The quantitative estimate of drug-likeness (QED) is 0.342. The van der Waals surface area contributed by atoms with Crippen LogP contribution < -0.4 is 14.8 Å². The number of aryl methyl sites for hydroxylation is 1. The lowest BCUT2D eigenvalue weighted by molar-refractivity contribution is -0.111. The van der Waals surface area contributed by atoms with E-state index in [1.54, 1.807) is 44.0 Å². The summed E-state index contributed by atoms with van der Waals surface area (Å²) in [6.45, 7) is 6.43. The summed E-state index contributed by atoms with van der Waals surface area (Å²) in [4.78, 5) is 16.6. The molecule has 2 aromatic carbocycles. The summed E-state index contributed by atoms with van der Waals surface area (Å²) in [6.07, 6.45) is 6.58. The van der Waals surface area contributed by atoms with E-state index in [1.165, 1.54) is 0 Å². The largest absolute Gasteiger partial charge is 0.496 e. The van der Waals surface area contributed by atoms with Crippen LogP contribution in [0.4, 0.5) is 5.69 Å². The number of methoxy groups -OCH3 is 1. The van der Waals surface area contributed by atoms with E-state index in [1.807, 2.05) is 51.1 Å². The maximum absolute atomic E-state index is 12.6. The molecule has 0 aliphatic heterocycles. The van der Waals surface area contributed by atoms with Crippen LogP contribution in [0.5, 0.6) is 11.5 Å². The zero-order valence-corrected chi connectivity index (χ0v) is 19.1. The van der Waals surface area contributed by atoms with Crippen LogP contribution in [0.2, 0.25) is 0 Å². The Kier molecular flexibility index (Phi) is 6.45. The number of aromatic nitrogens is 1. The van der Waals surface area contributed by atoms with Gasteiger partial charge in [0, 0.05) is 34.3 Å². The Balaban J connectivity index is 1.74. The molecule has 6 nitrogen and oxygen atoms in total. The maximum atomic E-state index is 12.6. The van der Waals surface area contributed by atoms with E-state index in [2.05, 4.69) is 10.3 Å². The predicted octanol–water partition coefficient (Wildman–Crippen LogP) is 6.25. The number of benzene rings is 2. The van der Waals surface area contributed by atoms with E-state index in [0.717, 1.165) is 44.5 Å². The number of ether oxygens (including phenoxy) is 2. The molecular formula is C27H26N2O4. The summed E-state index contributed by atoms with van der Waals surface area (Å²) in [5.74, 6) is 1.27. The number of pyridine rings is 1. The highest BCUT2D eigenvalue weighted by Crippen LogP contribution is 2.40. The lowest BCUT2D eigenvalue weighted by Gasteiger charge is -2.13. The molecule has 2 aromatic heterocycles. The van der Waals surface area contributed by atoms with Gasteiger partial charge < -0.3 is 19.2 Å². The SMILES string of the molecule is CCOc1ccc(-c2coc3c(C)c(OC)c(/C(C)=C/C(=O)Nc4cccnc4)cc23)cc1. The van der Waals surface area contributed by atoms with E-state index in [0.29, 0.717) is 18.0 Å². The molecule has 33 heavy (non-hydrogen) atoms. The Hall–Kier alpha value is -4.06. The molecule has 6 heteroatoms. The molecule has 0 saturated heterocycles. The standard InChI is InChI=1S/C27H26N2O4/c1-5-32-21-10-8-19(9-11-21)24-16-33-27-18(3)26(31-4)22(14-23(24)27)17(2)13-25(30)29-20-7-6-12-28-15-20/h6-16H,5H2,1-4H3,(H,29,30)/b17-13+. The fraction of sp³-hybridized carbons (Fsp3) is 0.185. The first kappa shape index (κ1) is 22.1. The molecule has 2 heterocycles. The van der Waals surface area contributed by atoms with Gasteiger partial charge in [-0.2, -0.15) is 0 Å². The number of nitrogens with zero attached hydrogens (tertiary/aromatic N) is 1. The van der Waals surface area contributed by atoms with Crippen molar-refractivity contribution in [3.63, 3.8) is 0 Å². The van der Waals surface area contributed by atoms with Crippen molar-refractivity contribution in [2.24, 2.45) is 0 Å². The van der Waals surface area contributed by atoms with Gasteiger partial charge in [-0.3, -0.25) is 9.78 Å². The Morgan fingerprint density at radius 3 is 2.67 bits per heavy atom. The third-order valence-electron chi connectivity index (χ3n) is 5.43. The first-order valence-electron chi connectivity index (χ1n) is 10.7. The number of nitrogens with one attached hydrogen (secondary N) is 1. The van der Waals surface area contributed by atoms with Crippen molar-refractivity contribution in [2.45, 2.75) is 20.8 Å². The van der Waals surface area contributed by atoms with E-state index < -0.39 is 0 Å². The molecule has 0 aliphatic carbocycles. The second-order valence-electron chi connectivity index (χ2n) is 7.62. The van der Waals surface area contributed by atoms with Gasteiger partial charge in [0.1, 0.15) is 17.1 Å². The fourth-order valence-electron chi connectivity index (χ4n) is 3.88. The summed E-state index contributed by atoms with van der Waals surface area (Å²) in [5.41, 5.74) is 5.86. The number of allylic oxidation sites excluding steroid dienone is 1. The van der Waals surface area contributed by atoms with E-state index in [4.69, 9.17) is 13.9 Å². The number of carbonyl (C=O) groups excluding carboxylic acids is 1. The van der Waals surface area contributed by atoms with Gasteiger partial charge in [-0.15, -0.1) is 0 Å². The molecule has 168 valence electrons. The molecule has 4 rings (SSSR count). The topological polar surface area (TPSA) is 73.6 Å². The van der Waals surface area contributed by atoms with Gasteiger partial charge in [0.15, 0.2) is 0 Å². The smallest absolute Gasteiger partial charge is 0.248 e. The van der Waals surface area contributed by atoms with Gasteiger partial charge in [-0.05, 0) is 62.2 Å². The second kappa shape index (κ2) is 9.61. The van der Waals surface area contributed by atoms with Gasteiger partial charge >= 0.3 is 0 Å². The molecule has 0 fully saturated rings. The highest BCUT2D eigenvalue weighted by Gasteiger charge is 2.19. The first-order valence-corrected chi connectivity index (χ1v) is 10.7. The second-order valence-corrected chi connectivity index (χ2v) is 7.62. The molecular weight excluding hydrogens is 416 g/mol. The highest BCUT2D eigenvalue weighted by atomic mass is 16.5. The molecule has 1 N–H and O–H groups in total. The third-order valence-corrected chi connectivity index (χ3v) is 5.43. The molecule has 4 aromatic rings. The molecule has 0 saturated carbocycles. The van der Waals surface area contributed by atoms with E-state index in [9.17, 15) is 4.79 Å². The Morgan fingerprint density at radius 2 is 2.00 bits per heavy atom. The minimum atomic E-state index is -0.237. The lowest BCUT2D eigenvalue weighted by Crippen LogP contribution is -2.08. The lowest BCUT2D eigenvalue weighted by atomic mass is 9.96. The number of fused-ring (bicyclic) bond motifs is 1. The maximum Gasteiger partial charge on any atom is 0.248 e. The van der Waals surface area contributed by atoms with Crippen molar-refractivity contribution in [3.8, 4) is 22.6 Å². The van der Waals surface area contributed by atoms with Gasteiger partial charge in [0.05, 0.1) is 31.9 Å². The number of furan rings is 1. The average Bonchev–Trinajstić information content (AvgIpc) is 3.24. The van der Waals surface area contributed by atoms with Crippen molar-refractivity contribution < 1.29 is 18.7 Å². The van der Waals surface area contributed by atoms with Gasteiger partial charge in [-0.25, -0.2) is 0 Å². The Labute approximate surface area is 192 Å². The van der Waals surface area contributed by atoms with Crippen LogP contribution in [0.1, 0.15) is 25.0 Å². The van der Waals surface area contributed by atoms with Crippen LogP contribution in [-0.2, 0) is 4.79 Å². The first-order chi connectivity index (χ1) is 16.0. The minimum Gasteiger partial charge on any atom is -0.496 e. The molecule has 0 unspecified atom stereocenters. The van der Waals surface area contributed by atoms with Crippen LogP contribution in [-0.4, -0.2) is 24.6 Å². The summed E-state index contributed by atoms with van der Waals surface area (Å²) in [5, 5.41) is 3.78. The molecule has 0 bridgehead atoms. The third kappa shape index (κ3) is 4.60. The number of hydrogen-bond acceptors (Lipinski definition) is 5. The van der Waals surface area contributed by atoms with Crippen molar-refractivity contribution in [1.82, 2.24) is 4.98 Å². The van der Waals surface area contributed by atoms with Crippen molar-refractivity contribution >= 4 is 28.1 Å². The van der Waals surface area contributed by atoms with Crippen molar-refractivity contribution in [2.75, 3.05) is 19.0 Å². The number of amides is 1. The van der Waals surface area contributed by atoms with E-state index in [-0.39, 0.29) is 5.91 Å². The molecule has 1 amide bonds. The number of carbonyl (C=O) groups is 1. The van der Waals surface area contributed by atoms with Crippen LogP contribution >= 0.6 is 0 Å². The number of rotatable bonds is 7. The zero-order chi connectivity index (χ0) is 23.4. The van der Waals surface area contributed by atoms with Crippen LogP contribution in [0.25, 0.3) is 27.7 Å². The van der Waals surface area contributed by atoms with Crippen molar-refractivity contribution in [1.29, 1.82) is 0 Å². The minimum absolute atomic E-state index is 0.237. The van der Waals surface area contributed by atoms with Crippen LogP contribution in [0.3, 0.4) is 0 Å². The molecule has 0 aliphatic rings. The summed E-state index contributed by atoms with van der Waals surface area (Å²) < 4.78 is 17.2. The fourth-order valence-corrected chi connectivity index (χ4v) is 3.88. The summed E-state index contributed by atoms with van der Waals surface area (Å²) >= 11 is 0. The number of hydrogen-bond donors (Lipinski definition) is 1. The van der Waals surface area contributed by atoms with Gasteiger partial charge in [0.25, 0.3) is 0 Å². The van der Waals surface area contributed by atoms with Gasteiger partial charge in [0.2, 0.25) is 5.91 Å². The van der Waals surface area contributed by atoms with Crippen molar-refractivity contribution in [3.05, 3.63) is 78.3 Å². The highest BCUT2D eigenvalue weighted by molar-refractivity contribution is 6.05. The van der Waals surface area contributed by atoms with Crippen LogP contribution in [0.15, 0.2) is 71.6 Å².